The average Bonchev–Trinajstić information content (AvgIpc) is 3.31. The highest BCUT2D eigenvalue weighted by atomic mass is 35.5. The zero-order valence-electron chi connectivity index (χ0n) is 14.7. The maximum atomic E-state index is 14.1. The zero-order chi connectivity index (χ0) is 20.8. The van der Waals surface area contributed by atoms with Crippen LogP contribution in [0.15, 0.2) is 46.5 Å². The molecule has 152 valence electrons. The molecule has 0 amide bonds. The van der Waals surface area contributed by atoms with E-state index in [1.807, 2.05) is 0 Å². The van der Waals surface area contributed by atoms with E-state index in [0.29, 0.717) is 23.6 Å². The molecule has 2 aliphatic heterocycles. The number of alkyl halides is 3. The third kappa shape index (κ3) is 3.44. The summed E-state index contributed by atoms with van der Waals surface area (Å²) in [5.74, 6) is 0. The minimum absolute atomic E-state index is 0.0714. The van der Waals surface area contributed by atoms with Crippen molar-refractivity contribution in [1.82, 2.24) is 5.43 Å². The van der Waals surface area contributed by atoms with Gasteiger partial charge in [-0.2, -0.15) is 13.2 Å². The van der Waals surface area contributed by atoms with E-state index < -0.39 is 18.2 Å². The van der Waals surface area contributed by atoms with Crippen LogP contribution in [0, 0.1) is 0 Å². The van der Waals surface area contributed by atoms with Crippen molar-refractivity contribution in [2.75, 3.05) is 17.4 Å². The first-order chi connectivity index (χ1) is 13.7. The molecule has 0 saturated carbocycles. The van der Waals surface area contributed by atoms with Gasteiger partial charge in [-0.3, -0.25) is 15.4 Å². The van der Waals surface area contributed by atoms with Crippen LogP contribution >= 0.6 is 23.2 Å². The van der Waals surface area contributed by atoms with Crippen molar-refractivity contribution in [2.24, 2.45) is 10.1 Å². The Morgan fingerprint density at radius 2 is 1.86 bits per heavy atom. The van der Waals surface area contributed by atoms with Crippen LogP contribution in [-0.4, -0.2) is 24.9 Å². The van der Waals surface area contributed by atoms with Gasteiger partial charge in [0, 0.05) is 27.6 Å². The predicted molar refractivity (Wildman–Crippen MR) is 106 cm³/mol. The zero-order valence-corrected chi connectivity index (χ0v) is 16.2. The molecule has 0 aliphatic carbocycles. The Morgan fingerprint density at radius 1 is 1.14 bits per heavy atom. The molecule has 3 N–H and O–H groups in total. The van der Waals surface area contributed by atoms with Crippen LogP contribution in [0.4, 0.5) is 24.5 Å². The average molecular weight is 444 g/mol. The predicted octanol–water partition coefficient (Wildman–Crippen LogP) is 4.47. The van der Waals surface area contributed by atoms with E-state index >= 15 is 0 Å². The molecule has 2 aromatic carbocycles. The summed E-state index contributed by atoms with van der Waals surface area (Å²) in [5.41, 5.74) is 7.62. The first kappa shape index (κ1) is 19.7. The second-order valence-corrected chi connectivity index (χ2v) is 7.45. The van der Waals surface area contributed by atoms with Gasteiger partial charge in [-0.15, -0.1) is 0 Å². The Labute approximate surface area is 173 Å². The summed E-state index contributed by atoms with van der Waals surface area (Å²) in [6.07, 6.45) is -3.78. The molecule has 0 saturated heterocycles. The number of oxime groups is 1. The molecule has 0 aromatic heterocycles. The van der Waals surface area contributed by atoms with E-state index in [1.165, 1.54) is 24.5 Å². The number of nitrogen functional groups attached to an aromatic ring is 1. The first-order valence-electron chi connectivity index (χ1n) is 8.40. The lowest BCUT2D eigenvalue weighted by molar-refractivity contribution is -0.275. The van der Waals surface area contributed by atoms with E-state index in [0.717, 1.165) is 0 Å². The number of nitrogens with one attached hydrogen (secondary N) is 1. The van der Waals surface area contributed by atoms with Gasteiger partial charge in [0.25, 0.3) is 5.60 Å². The maximum Gasteiger partial charge on any atom is 0.435 e. The van der Waals surface area contributed by atoms with Crippen molar-refractivity contribution in [3.05, 3.63) is 57.6 Å². The second kappa shape index (κ2) is 7.00. The van der Waals surface area contributed by atoms with Crippen molar-refractivity contribution in [3.8, 4) is 0 Å². The Hall–Kier alpha value is -2.65. The van der Waals surface area contributed by atoms with Gasteiger partial charge >= 0.3 is 6.18 Å². The van der Waals surface area contributed by atoms with Crippen molar-refractivity contribution in [2.45, 2.75) is 18.2 Å². The van der Waals surface area contributed by atoms with Crippen LogP contribution in [0.1, 0.15) is 17.5 Å². The summed E-state index contributed by atoms with van der Waals surface area (Å²) in [6, 6.07) is 8.56. The lowest BCUT2D eigenvalue weighted by Gasteiger charge is -2.29. The van der Waals surface area contributed by atoms with Gasteiger partial charge in [0.15, 0.2) is 0 Å². The third-order valence-corrected chi connectivity index (χ3v) is 5.13. The molecule has 4 rings (SSSR count). The smallest absolute Gasteiger partial charge is 0.397 e. The normalized spacial score (nSPS) is 21.1. The topological polar surface area (TPSA) is 75.2 Å². The van der Waals surface area contributed by atoms with E-state index in [9.17, 15) is 13.2 Å². The van der Waals surface area contributed by atoms with Crippen molar-refractivity contribution in [1.29, 1.82) is 0 Å². The highest BCUT2D eigenvalue weighted by molar-refractivity contribution is 6.34. The second-order valence-electron chi connectivity index (χ2n) is 6.57. The number of nitrogens with zero attached hydrogens (tertiary/aromatic N) is 3. The van der Waals surface area contributed by atoms with Crippen LogP contribution in [-0.2, 0) is 10.4 Å². The molecule has 1 atom stereocenters. The lowest BCUT2D eigenvalue weighted by Crippen LogP contribution is -2.42. The molecule has 11 heteroatoms. The first-order valence-corrected chi connectivity index (χ1v) is 9.15. The fourth-order valence-electron chi connectivity index (χ4n) is 3.24. The van der Waals surface area contributed by atoms with E-state index in [-0.39, 0.29) is 21.3 Å². The number of rotatable bonds is 3. The molecule has 2 aliphatic rings. The summed E-state index contributed by atoms with van der Waals surface area (Å²) in [5, 5.41) is 5.57. The molecule has 0 radical (unpaired) electrons. The van der Waals surface area contributed by atoms with Gasteiger partial charge in [0.05, 0.1) is 17.1 Å². The molecule has 29 heavy (non-hydrogen) atoms. The van der Waals surface area contributed by atoms with E-state index in [2.05, 4.69) is 15.6 Å². The number of aliphatic imine (C=N–C) groups is 1. The van der Waals surface area contributed by atoms with E-state index in [1.54, 1.807) is 23.2 Å². The number of hydrogen-bond donors (Lipinski definition) is 2. The number of hydrazine groups is 1. The van der Waals surface area contributed by atoms with Crippen LogP contribution in [0.25, 0.3) is 0 Å². The standard InChI is InChI=1S/C18H14Cl2F3N5O/c19-12-4-11(5-13(20)6-12)17(18(21,22)23)7-15(27-29-17)10-1-2-16(14(24)3-10)28-9-25-8-26-28/h1-6,8H,7,9,24H2,(H,25,26). The number of nitrogens with two attached hydrogens (primary N) is 1. The van der Waals surface area contributed by atoms with Gasteiger partial charge in [-0.25, -0.2) is 0 Å². The molecule has 2 heterocycles. The Morgan fingerprint density at radius 3 is 2.45 bits per heavy atom. The minimum Gasteiger partial charge on any atom is -0.397 e. The van der Waals surface area contributed by atoms with Gasteiger partial charge in [-0.1, -0.05) is 34.4 Å². The van der Waals surface area contributed by atoms with Crippen LogP contribution in [0.2, 0.25) is 10.0 Å². The number of anilines is 2. The number of benzene rings is 2. The fraction of sp³-hybridized carbons (Fsp3) is 0.222. The maximum absolute atomic E-state index is 14.1. The Kier molecular flexibility index (Phi) is 4.74. The molecular formula is C18H14Cl2F3N5O. The van der Waals surface area contributed by atoms with Gasteiger partial charge in [0.2, 0.25) is 0 Å². The Balaban J connectivity index is 1.67. The summed E-state index contributed by atoms with van der Waals surface area (Å²) in [4.78, 5) is 9.02. The molecule has 0 fully saturated rings. The van der Waals surface area contributed by atoms with Crippen LogP contribution < -0.4 is 16.2 Å². The number of hydrogen-bond acceptors (Lipinski definition) is 6. The summed E-state index contributed by atoms with van der Waals surface area (Å²) in [7, 11) is 0. The van der Waals surface area contributed by atoms with Crippen LogP contribution in [0.5, 0.6) is 0 Å². The molecule has 2 aromatic rings. The van der Waals surface area contributed by atoms with E-state index in [4.69, 9.17) is 33.8 Å². The quantitative estimate of drug-likeness (QED) is 0.686. The summed E-state index contributed by atoms with van der Waals surface area (Å²) >= 11 is 11.8. The largest absolute Gasteiger partial charge is 0.435 e. The molecule has 6 nitrogen and oxygen atoms in total. The highest BCUT2D eigenvalue weighted by Crippen LogP contribution is 2.49. The van der Waals surface area contributed by atoms with Gasteiger partial charge in [-0.05, 0) is 30.3 Å². The Bertz CT molecular complexity index is 999. The lowest BCUT2D eigenvalue weighted by atomic mass is 9.86. The third-order valence-electron chi connectivity index (χ3n) is 4.69. The van der Waals surface area contributed by atoms with Crippen molar-refractivity contribution in [3.63, 3.8) is 0 Å². The highest BCUT2D eigenvalue weighted by Gasteiger charge is 2.62. The minimum atomic E-state index is -4.76. The van der Waals surface area contributed by atoms with Gasteiger partial charge < -0.3 is 10.6 Å². The molecule has 0 bridgehead atoms. The summed E-state index contributed by atoms with van der Waals surface area (Å²) < 4.78 is 42.2. The number of halogens is 5. The molecule has 1 unspecified atom stereocenters. The van der Waals surface area contributed by atoms with Crippen LogP contribution in [0.3, 0.4) is 0 Å². The van der Waals surface area contributed by atoms with Crippen molar-refractivity contribution < 1.29 is 18.0 Å². The molecular weight excluding hydrogens is 430 g/mol. The fourth-order valence-corrected chi connectivity index (χ4v) is 3.77. The van der Waals surface area contributed by atoms with Gasteiger partial charge in [0.1, 0.15) is 13.0 Å². The van der Waals surface area contributed by atoms with Crippen molar-refractivity contribution >= 4 is 46.6 Å². The monoisotopic (exact) mass is 443 g/mol. The SMILES string of the molecule is Nc1cc(C2=NOC(c3cc(Cl)cc(Cl)c3)(C(F)(F)F)C2)ccc1N1CN=CN1. The molecule has 0 spiro atoms. The summed E-state index contributed by atoms with van der Waals surface area (Å²) in [6.45, 7) is 0.375.